The normalized spacial score (nSPS) is 10.2. The Morgan fingerprint density at radius 3 is 2.58 bits per heavy atom. The van der Waals surface area contributed by atoms with Crippen molar-refractivity contribution < 1.29 is 9.53 Å². The Bertz CT molecular complexity index is 622. The van der Waals surface area contributed by atoms with E-state index in [0.717, 1.165) is 0 Å². The molecule has 0 radical (unpaired) electrons. The first-order chi connectivity index (χ1) is 9.04. The molecule has 19 heavy (non-hydrogen) atoms. The van der Waals surface area contributed by atoms with Gasteiger partial charge in [0.15, 0.2) is 5.82 Å². The van der Waals surface area contributed by atoms with Crippen LogP contribution in [-0.4, -0.2) is 23.0 Å². The number of halogens is 1. The van der Waals surface area contributed by atoms with Crippen molar-refractivity contribution >= 4 is 23.3 Å². The van der Waals surface area contributed by atoms with Crippen molar-refractivity contribution in [3.8, 4) is 17.1 Å². The molecule has 7 heteroatoms. The average Bonchev–Trinajstić information content (AvgIpc) is 2.37. The van der Waals surface area contributed by atoms with Gasteiger partial charge in [0, 0.05) is 0 Å². The number of benzene rings is 1. The number of aromatic nitrogens is 2. The molecule has 0 fully saturated rings. The molecule has 0 unspecified atom stereocenters. The fourth-order valence-corrected chi connectivity index (χ4v) is 1.90. The molecule has 0 aliphatic carbocycles. The number of ether oxygens (including phenoxy) is 1. The molecule has 0 aliphatic heterocycles. The molecule has 1 heterocycles. The highest BCUT2D eigenvalue weighted by Gasteiger charge is 2.17. The zero-order valence-electron chi connectivity index (χ0n) is 10.1. The number of carbonyl (C=O) groups excluding carboxylic acids is 1. The van der Waals surface area contributed by atoms with Gasteiger partial charge in [-0.2, -0.15) is 0 Å². The molecule has 2 rings (SSSR count). The summed E-state index contributed by atoms with van der Waals surface area (Å²) < 4.78 is 5.20. The summed E-state index contributed by atoms with van der Waals surface area (Å²) in [7, 11) is 1.53. The Balaban J connectivity index is 2.62. The smallest absolute Gasteiger partial charge is 0.255 e. The Hall–Kier alpha value is -2.34. The molecule has 0 atom stereocenters. The molecule has 6 nitrogen and oxygen atoms in total. The lowest BCUT2D eigenvalue weighted by atomic mass is 10.2. The highest BCUT2D eigenvalue weighted by Crippen LogP contribution is 2.29. The first-order valence-electron chi connectivity index (χ1n) is 5.30. The first kappa shape index (κ1) is 13.1. The number of para-hydroxylation sites is 1. The molecule has 1 aromatic carbocycles. The largest absolute Gasteiger partial charge is 0.496 e. The zero-order chi connectivity index (χ0) is 14.0. The summed E-state index contributed by atoms with van der Waals surface area (Å²) in [5.74, 6) is 0.0113. The third kappa shape index (κ3) is 2.43. The number of nitrogen functional groups attached to an aromatic ring is 1. The molecule has 0 spiro atoms. The molecule has 98 valence electrons. The van der Waals surface area contributed by atoms with Gasteiger partial charge in [0.1, 0.15) is 22.3 Å². The van der Waals surface area contributed by atoms with E-state index in [0.29, 0.717) is 11.3 Å². The standard InChI is InChI=1S/C12H11ClN4O2/c1-19-7-5-3-2-4-6(7)12-16-9(13)8(11(15)18)10(14)17-12/h2-5H,1H3,(H2,15,18)(H2,14,16,17). The molecule has 0 bridgehead atoms. The summed E-state index contributed by atoms with van der Waals surface area (Å²) in [4.78, 5) is 19.2. The van der Waals surface area contributed by atoms with Crippen molar-refractivity contribution in [1.82, 2.24) is 9.97 Å². The quantitative estimate of drug-likeness (QED) is 0.828. The fourth-order valence-electron chi connectivity index (χ4n) is 1.63. The summed E-state index contributed by atoms with van der Waals surface area (Å²) in [6.45, 7) is 0. The molecular weight excluding hydrogens is 268 g/mol. The van der Waals surface area contributed by atoms with Crippen molar-refractivity contribution in [3.63, 3.8) is 0 Å². The summed E-state index contributed by atoms with van der Waals surface area (Å²) >= 11 is 5.90. The van der Waals surface area contributed by atoms with Gasteiger partial charge < -0.3 is 16.2 Å². The number of amides is 1. The van der Waals surface area contributed by atoms with Crippen LogP contribution in [0.2, 0.25) is 5.15 Å². The van der Waals surface area contributed by atoms with Gasteiger partial charge in [-0.15, -0.1) is 0 Å². The predicted octanol–water partition coefficient (Wildman–Crippen LogP) is 1.49. The summed E-state index contributed by atoms with van der Waals surface area (Å²) in [5, 5.41) is -0.0825. The number of carbonyl (C=O) groups is 1. The number of nitrogens with two attached hydrogens (primary N) is 2. The molecule has 4 N–H and O–H groups in total. The van der Waals surface area contributed by atoms with Gasteiger partial charge in [-0.1, -0.05) is 23.7 Å². The van der Waals surface area contributed by atoms with Crippen LogP contribution in [0.3, 0.4) is 0 Å². The van der Waals surface area contributed by atoms with Crippen LogP contribution < -0.4 is 16.2 Å². The van der Waals surface area contributed by atoms with Crippen molar-refractivity contribution in [3.05, 3.63) is 35.0 Å². The summed E-state index contributed by atoms with van der Waals surface area (Å²) in [5.41, 5.74) is 11.4. The van der Waals surface area contributed by atoms with Crippen LogP contribution >= 0.6 is 11.6 Å². The second kappa shape index (κ2) is 5.11. The van der Waals surface area contributed by atoms with Crippen molar-refractivity contribution in [1.29, 1.82) is 0 Å². The van der Waals surface area contributed by atoms with Gasteiger partial charge in [-0.25, -0.2) is 9.97 Å². The Morgan fingerprint density at radius 2 is 2.00 bits per heavy atom. The first-order valence-corrected chi connectivity index (χ1v) is 5.68. The molecule has 1 amide bonds. The highest BCUT2D eigenvalue weighted by atomic mass is 35.5. The zero-order valence-corrected chi connectivity index (χ0v) is 10.8. The van der Waals surface area contributed by atoms with Gasteiger partial charge in [-0.05, 0) is 12.1 Å². The van der Waals surface area contributed by atoms with Gasteiger partial charge in [0.2, 0.25) is 0 Å². The van der Waals surface area contributed by atoms with Crippen LogP contribution in [0.5, 0.6) is 5.75 Å². The Kier molecular flexibility index (Phi) is 3.52. The second-order valence-corrected chi connectivity index (χ2v) is 4.02. The third-order valence-electron chi connectivity index (χ3n) is 2.49. The number of methoxy groups -OCH3 is 1. The van der Waals surface area contributed by atoms with E-state index in [4.69, 9.17) is 27.8 Å². The highest BCUT2D eigenvalue weighted by molar-refractivity contribution is 6.33. The van der Waals surface area contributed by atoms with E-state index in [2.05, 4.69) is 9.97 Å². The maximum atomic E-state index is 11.2. The second-order valence-electron chi connectivity index (χ2n) is 3.66. The van der Waals surface area contributed by atoms with E-state index in [1.165, 1.54) is 7.11 Å². The van der Waals surface area contributed by atoms with Crippen LogP contribution in [0, 0.1) is 0 Å². The van der Waals surface area contributed by atoms with E-state index >= 15 is 0 Å². The molecule has 0 saturated carbocycles. The minimum Gasteiger partial charge on any atom is -0.496 e. The third-order valence-corrected chi connectivity index (χ3v) is 2.76. The minimum atomic E-state index is -0.769. The fraction of sp³-hybridized carbons (Fsp3) is 0.0833. The van der Waals surface area contributed by atoms with Crippen molar-refractivity contribution in [2.24, 2.45) is 5.73 Å². The lowest BCUT2D eigenvalue weighted by Crippen LogP contribution is -2.16. The number of hydrogen-bond acceptors (Lipinski definition) is 5. The molecule has 2 aromatic rings. The number of hydrogen-bond donors (Lipinski definition) is 2. The van der Waals surface area contributed by atoms with E-state index < -0.39 is 5.91 Å². The van der Waals surface area contributed by atoms with Crippen LogP contribution in [0.4, 0.5) is 5.82 Å². The van der Waals surface area contributed by atoms with Gasteiger partial charge in [-0.3, -0.25) is 4.79 Å². The van der Waals surface area contributed by atoms with Crippen LogP contribution in [0.1, 0.15) is 10.4 Å². The number of primary amides is 1. The van der Waals surface area contributed by atoms with Gasteiger partial charge in [0.05, 0.1) is 12.7 Å². The number of rotatable bonds is 3. The Labute approximate surface area is 114 Å². The molecule has 0 aliphatic rings. The average molecular weight is 279 g/mol. The maximum Gasteiger partial charge on any atom is 0.255 e. The van der Waals surface area contributed by atoms with Gasteiger partial charge in [0.25, 0.3) is 5.91 Å². The summed E-state index contributed by atoms with van der Waals surface area (Å²) in [6.07, 6.45) is 0. The lowest BCUT2D eigenvalue weighted by Gasteiger charge is -2.09. The lowest BCUT2D eigenvalue weighted by molar-refractivity contribution is 0.100. The van der Waals surface area contributed by atoms with E-state index in [1.54, 1.807) is 18.2 Å². The monoisotopic (exact) mass is 278 g/mol. The van der Waals surface area contributed by atoms with Crippen molar-refractivity contribution in [2.75, 3.05) is 12.8 Å². The number of anilines is 1. The maximum absolute atomic E-state index is 11.2. The van der Waals surface area contributed by atoms with E-state index in [9.17, 15) is 4.79 Å². The minimum absolute atomic E-state index is 0.0617. The topological polar surface area (TPSA) is 104 Å². The van der Waals surface area contributed by atoms with Crippen molar-refractivity contribution in [2.45, 2.75) is 0 Å². The van der Waals surface area contributed by atoms with E-state index in [-0.39, 0.29) is 22.4 Å². The van der Waals surface area contributed by atoms with Crippen LogP contribution in [0.15, 0.2) is 24.3 Å². The molecule has 1 aromatic heterocycles. The van der Waals surface area contributed by atoms with E-state index in [1.807, 2.05) is 6.07 Å². The SMILES string of the molecule is COc1ccccc1-c1nc(N)c(C(N)=O)c(Cl)n1. The van der Waals surface area contributed by atoms with Crippen LogP contribution in [0.25, 0.3) is 11.4 Å². The Morgan fingerprint density at radius 1 is 1.32 bits per heavy atom. The summed E-state index contributed by atoms with van der Waals surface area (Å²) in [6, 6.07) is 7.12. The number of nitrogens with zero attached hydrogens (tertiary/aromatic N) is 2. The predicted molar refractivity (Wildman–Crippen MR) is 72.0 cm³/mol. The molecule has 0 saturated heterocycles. The molecular formula is C12H11ClN4O2. The van der Waals surface area contributed by atoms with Crippen LogP contribution in [-0.2, 0) is 0 Å². The van der Waals surface area contributed by atoms with Gasteiger partial charge >= 0.3 is 0 Å².